The van der Waals surface area contributed by atoms with Gasteiger partial charge in [0.05, 0.1) is 5.69 Å². The molecule has 1 saturated heterocycles. The van der Waals surface area contributed by atoms with Gasteiger partial charge in [0.25, 0.3) is 0 Å². The van der Waals surface area contributed by atoms with Gasteiger partial charge in [-0.3, -0.25) is 0 Å². The molecule has 0 saturated carbocycles. The van der Waals surface area contributed by atoms with Crippen molar-refractivity contribution in [3.8, 4) is 0 Å². The summed E-state index contributed by atoms with van der Waals surface area (Å²) >= 11 is 5.18. The Bertz CT molecular complexity index is 799. The van der Waals surface area contributed by atoms with E-state index in [1.54, 1.807) is 0 Å². The fraction of sp³-hybridized carbons (Fsp3) is 0.250. The van der Waals surface area contributed by atoms with Crippen LogP contribution in [0.1, 0.15) is 24.8 Å². The van der Waals surface area contributed by atoms with E-state index < -0.39 is 11.6 Å². The van der Waals surface area contributed by atoms with Gasteiger partial charge in [-0.15, -0.1) is 0 Å². The van der Waals surface area contributed by atoms with E-state index in [1.807, 2.05) is 12.1 Å². The molecule has 1 aliphatic rings. The minimum atomic E-state index is -0.703. The minimum Gasteiger partial charge on any atom is -0.372 e. The number of nitrogens with one attached hydrogen (secondary N) is 2. The lowest BCUT2D eigenvalue weighted by molar-refractivity contribution is 0.578. The third-order valence-corrected chi connectivity index (χ3v) is 4.58. The van der Waals surface area contributed by atoms with Gasteiger partial charge in [0.2, 0.25) is 0 Å². The normalized spacial score (nSPS) is 14.0. The number of halogens is 2. The first kappa shape index (κ1) is 18.3. The van der Waals surface area contributed by atoms with Crippen molar-refractivity contribution < 1.29 is 8.78 Å². The van der Waals surface area contributed by atoms with Crippen LogP contribution in [-0.4, -0.2) is 18.2 Å². The van der Waals surface area contributed by atoms with Gasteiger partial charge >= 0.3 is 0 Å². The Balaban J connectivity index is 1.59. The maximum Gasteiger partial charge on any atom is 0.175 e. The SMILES string of the molecule is C=C(NC(=S)Nc1ccc(F)cc1F)c1ccc(N2CCCCC2)cc1. The van der Waals surface area contributed by atoms with E-state index in [1.165, 1.54) is 37.1 Å². The van der Waals surface area contributed by atoms with Crippen LogP contribution >= 0.6 is 12.2 Å². The van der Waals surface area contributed by atoms with Crippen molar-refractivity contribution in [2.45, 2.75) is 19.3 Å². The van der Waals surface area contributed by atoms with Crippen molar-refractivity contribution in [1.29, 1.82) is 0 Å². The molecule has 0 amide bonds. The summed E-state index contributed by atoms with van der Waals surface area (Å²) in [5.74, 6) is -1.34. The van der Waals surface area contributed by atoms with Crippen molar-refractivity contribution in [2.75, 3.05) is 23.3 Å². The molecule has 136 valence electrons. The Hall–Kier alpha value is -2.47. The first-order chi connectivity index (χ1) is 12.5. The summed E-state index contributed by atoms with van der Waals surface area (Å²) in [5, 5.41) is 5.84. The van der Waals surface area contributed by atoms with Crippen LogP contribution in [0.2, 0.25) is 0 Å². The lowest BCUT2D eigenvalue weighted by Crippen LogP contribution is -2.29. The van der Waals surface area contributed by atoms with E-state index in [9.17, 15) is 8.78 Å². The predicted octanol–water partition coefficient (Wildman–Crippen LogP) is 4.91. The summed E-state index contributed by atoms with van der Waals surface area (Å²) in [7, 11) is 0. The number of rotatable bonds is 4. The molecule has 0 aliphatic carbocycles. The monoisotopic (exact) mass is 373 g/mol. The van der Waals surface area contributed by atoms with E-state index in [0.29, 0.717) is 5.70 Å². The number of hydrogen-bond donors (Lipinski definition) is 2. The second-order valence-corrected chi connectivity index (χ2v) is 6.68. The molecule has 3 nitrogen and oxygen atoms in total. The molecular weight excluding hydrogens is 352 g/mol. The summed E-state index contributed by atoms with van der Waals surface area (Å²) in [4.78, 5) is 2.38. The van der Waals surface area contributed by atoms with Crippen molar-refractivity contribution >= 4 is 34.4 Å². The zero-order valence-electron chi connectivity index (χ0n) is 14.4. The smallest absolute Gasteiger partial charge is 0.175 e. The van der Waals surface area contributed by atoms with Crippen LogP contribution in [0.15, 0.2) is 49.0 Å². The molecule has 0 spiro atoms. The number of hydrogen-bond acceptors (Lipinski definition) is 2. The van der Waals surface area contributed by atoms with Gasteiger partial charge < -0.3 is 15.5 Å². The van der Waals surface area contributed by atoms with E-state index in [-0.39, 0.29) is 10.8 Å². The molecule has 26 heavy (non-hydrogen) atoms. The lowest BCUT2D eigenvalue weighted by Gasteiger charge is -2.29. The number of anilines is 2. The number of benzene rings is 2. The Morgan fingerprint density at radius 1 is 1.00 bits per heavy atom. The van der Waals surface area contributed by atoms with Crippen LogP contribution in [0.5, 0.6) is 0 Å². The van der Waals surface area contributed by atoms with Gasteiger partial charge in [-0.1, -0.05) is 18.7 Å². The number of piperidine rings is 1. The van der Waals surface area contributed by atoms with E-state index in [2.05, 4.69) is 34.2 Å². The summed E-state index contributed by atoms with van der Waals surface area (Å²) < 4.78 is 26.6. The van der Waals surface area contributed by atoms with Crippen LogP contribution in [0.3, 0.4) is 0 Å². The number of thiocarbonyl (C=S) groups is 1. The molecule has 1 heterocycles. The highest BCUT2D eigenvalue weighted by Gasteiger charge is 2.11. The predicted molar refractivity (Wildman–Crippen MR) is 107 cm³/mol. The summed E-state index contributed by atoms with van der Waals surface area (Å²) in [6, 6.07) is 11.4. The lowest BCUT2D eigenvalue weighted by atomic mass is 10.1. The van der Waals surface area contributed by atoms with Gasteiger partial charge in [0.1, 0.15) is 11.6 Å². The van der Waals surface area contributed by atoms with Gasteiger partial charge in [0, 0.05) is 30.5 Å². The standard InChI is InChI=1S/C20H21F2N3S/c1-14(23-20(26)24-19-10-7-16(21)13-18(19)22)15-5-8-17(9-6-15)25-11-3-2-4-12-25/h5-10,13H,1-4,11-12H2,(H2,23,24,26). The zero-order chi connectivity index (χ0) is 18.5. The zero-order valence-corrected chi connectivity index (χ0v) is 15.2. The van der Waals surface area contributed by atoms with Gasteiger partial charge in [-0.25, -0.2) is 8.78 Å². The molecule has 2 N–H and O–H groups in total. The topological polar surface area (TPSA) is 27.3 Å². The average Bonchev–Trinajstić information content (AvgIpc) is 2.65. The molecule has 2 aromatic carbocycles. The first-order valence-electron chi connectivity index (χ1n) is 8.60. The fourth-order valence-corrected chi connectivity index (χ4v) is 3.21. The molecule has 0 radical (unpaired) electrons. The van der Waals surface area contributed by atoms with Crippen molar-refractivity contribution in [3.63, 3.8) is 0 Å². The van der Waals surface area contributed by atoms with Gasteiger partial charge in [-0.2, -0.15) is 0 Å². The van der Waals surface area contributed by atoms with Crippen molar-refractivity contribution in [1.82, 2.24) is 5.32 Å². The molecule has 6 heteroatoms. The second-order valence-electron chi connectivity index (χ2n) is 6.28. The summed E-state index contributed by atoms with van der Waals surface area (Å²) in [5.41, 5.74) is 2.82. The Morgan fingerprint density at radius 3 is 2.35 bits per heavy atom. The Kier molecular flexibility index (Phi) is 5.83. The maximum atomic E-state index is 13.7. The van der Waals surface area contributed by atoms with Gasteiger partial charge in [0.15, 0.2) is 5.11 Å². The van der Waals surface area contributed by atoms with E-state index in [4.69, 9.17) is 12.2 Å². The molecule has 0 aromatic heterocycles. The van der Waals surface area contributed by atoms with Crippen molar-refractivity contribution in [2.24, 2.45) is 0 Å². The average molecular weight is 373 g/mol. The molecule has 0 atom stereocenters. The number of nitrogens with zero attached hydrogens (tertiary/aromatic N) is 1. The highest BCUT2D eigenvalue weighted by Crippen LogP contribution is 2.22. The van der Waals surface area contributed by atoms with Gasteiger partial charge in [-0.05, 0) is 61.3 Å². The van der Waals surface area contributed by atoms with E-state index in [0.717, 1.165) is 24.7 Å². The highest BCUT2D eigenvalue weighted by atomic mass is 32.1. The largest absolute Gasteiger partial charge is 0.372 e. The van der Waals surface area contributed by atoms with Crippen LogP contribution in [0.4, 0.5) is 20.2 Å². The highest BCUT2D eigenvalue weighted by molar-refractivity contribution is 7.80. The Labute approximate surface area is 157 Å². The third kappa shape index (κ3) is 4.58. The summed E-state index contributed by atoms with van der Waals surface area (Å²) in [6.07, 6.45) is 3.76. The fourth-order valence-electron chi connectivity index (χ4n) is 2.98. The molecule has 1 aliphatic heterocycles. The first-order valence-corrected chi connectivity index (χ1v) is 9.01. The minimum absolute atomic E-state index is 0.108. The molecule has 3 rings (SSSR count). The van der Waals surface area contributed by atoms with Crippen LogP contribution in [0.25, 0.3) is 5.70 Å². The third-order valence-electron chi connectivity index (χ3n) is 4.38. The maximum absolute atomic E-state index is 13.7. The molecule has 1 fully saturated rings. The molecular formula is C20H21F2N3S. The van der Waals surface area contributed by atoms with Crippen LogP contribution in [0, 0.1) is 11.6 Å². The Morgan fingerprint density at radius 2 is 1.69 bits per heavy atom. The van der Waals surface area contributed by atoms with E-state index >= 15 is 0 Å². The quantitative estimate of drug-likeness (QED) is 0.745. The molecule has 0 bridgehead atoms. The van der Waals surface area contributed by atoms with Crippen molar-refractivity contribution in [3.05, 3.63) is 66.2 Å². The molecule has 0 unspecified atom stereocenters. The second kappa shape index (κ2) is 8.27. The van der Waals surface area contributed by atoms with Crippen LogP contribution in [-0.2, 0) is 0 Å². The van der Waals surface area contributed by atoms with Crippen LogP contribution < -0.4 is 15.5 Å². The summed E-state index contributed by atoms with van der Waals surface area (Å²) in [6.45, 7) is 6.17. The molecule has 2 aromatic rings.